The highest BCUT2D eigenvalue weighted by molar-refractivity contribution is 5.79. The maximum Gasteiger partial charge on any atom is 0.410 e. The van der Waals surface area contributed by atoms with Crippen LogP contribution in [0.4, 0.5) is 4.79 Å². The van der Waals surface area contributed by atoms with Crippen LogP contribution >= 0.6 is 0 Å². The summed E-state index contributed by atoms with van der Waals surface area (Å²) in [6, 6.07) is 0.479. The van der Waals surface area contributed by atoms with Crippen molar-refractivity contribution >= 4 is 12.0 Å². The quantitative estimate of drug-likeness (QED) is 0.796. The van der Waals surface area contributed by atoms with E-state index in [1.54, 1.807) is 0 Å². The number of hydrogen-bond acceptors (Lipinski definition) is 4. The number of carbonyl (C=O) groups excluding carboxylic acids is 2. The van der Waals surface area contributed by atoms with E-state index in [0.717, 1.165) is 58.2 Å². The number of ether oxygens (including phenoxy) is 1. The van der Waals surface area contributed by atoms with Crippen LogP contribution in [-0.4, -0.2) is 60.6 Å². The zero-order valence-corrected chi connectivity index (χ0v) is 14.4. The third kappa shape index (κ3) is 2.66. The number of rotatable bonds is 1. The molecule has 2 amide bonds. The molecule has 0 aromatic heterocycles. The van der Waals surface area contributed by atoms with Gasteiger partial charge < -0.3 is 15.0 Å². The van der Waals surface area contributed by atoms with Gasteiger partial charge in [-0.05, 0) is 43.6 Å². The lowest BCUT2D eigenvalue weighted by atomic mass is 9.80. The molecule has 24 heavy (non-hydrogen) atoms. The van der Waals surface area contributed by atoms with Crippen LogP contribution < -0.4 is 5.32 Å². The molecule has 0 aromatic carbocycles. The molecule has 3 unspecified atom stereocenters. The standard InChI is InChI=1S/C18H27N3O3/c1-24-17(23)21-13-3-4-14(21)10-15(9-13)20-7-2-5-18(6-8-20)11-16(22)19-12-18/h9,13-14H,2-8,10-12H2,1H3,(H,19,22). The second-order valence-corrected chi connectivity index (χ2v) is 7.83. The Hall–Kier alpha value is -1.72. The van der Waals surface area contributed by atoms with Crippen molar-refractivity contribution in [2.75, 3.05) is 26.7 Å². The summed E-state index contributed by atoms with van der Waals surface area (Å²) in [6.07, 6.45) is 9.20. The molecule has 1 N–H and O–H groups in total. The highest BCUT2D eigenvalue weighted by atomic mass is 16.5. The average molecular weight is 333 g/mol. The number of fused-ring (bicyclic) bond motifs is 2. The van der Waals surface area contributed by atoms with E-state index in [0.29, 0.717) is 6.42 Å². The largest absolute Gasteiger partial charge is 0.453 e. The fourth-order valence-corrected chi connectivity index (χ4v) is 5.08. The van der Waals surface area contributed by atoms with Crippen LogP contribution in [0.3, 0.4) is 0 Å². The minimum absolute atomic E-state index is 0.179. The molecule has 3 saturated heterocycles. The summed E-state index contributed by atoms with van der Waals surface area (Å²) in [5, 5.41) is 3.02. The third-order valence-corrected chi connectivity index (χ3v) is 6.41. The average Bonchev–Trinajstić information content (AvgIpc) is 2.97. The number of nitrogens with zero attached hydrogens (tertiary/aromatic N) is 2. The summed E-state index contributed by atoms with van der Waals surface area (Å²) >= 11 is 0. The molecule has 6 nitrogen and oxygen atoms in total. The molecule has 3 atom stereocenters. The molecular formula is C18H27N3O3. The van der Waals surface area contributed by atoms with Gasteiger partial charge in [0.15, 0.2) is 0 Å². The molecule has 6 heteroatoms. The molecule has 4 rings (SSSR count). The Morgan fingerprint density at radius 3 is 2.92 bits per heavy atom. The van der Waals surface area contributed by atoms with Crippen LogP contribution in [0.1, 0.15) is 44.9 Å². The zero-order valence-electron chi connectivity index (χ0n) is 14.4. The smallest absolute Gasteiger partial charge is 0.410 e. The van der Waals surface area contributed by atoms with E-state index in [1.165, 1.54) is 12.8 Å². The summed E-state index contributed by atoms with van der Waals surface area (Å²) in [6.45, 7) is 2.94. The van der Waals surface area contributed by atoms with Gasteiger partial charge in [-0.3, -0.25) is 9.69 Å². The SMILES string of the molecule is COC(=O)N1C2C=C(N3CCCC4(CC3)CNC(=O)C4)CC1CC2. The van der Waals surface area contributed by atoms with Crippen LogP contribution in [-0.2, 0) is 9.53 Å². The summed E-state index contributed by atoms with van der Waals surface area (Å²) in [4.78, 5) is 28.1. The van der Waals surface area contributed by atoms with Gasteiger partial charge in [-0.15, -0.1) is 0 Å². The fraction of sp³-hybridized carbons (Fsp3) is 0.778. The topological polar surface area (TPSA) is 61.9 Å². The van der Waals surface area contributed by atoms with Crippen LogP contribution in [0.5, 0.6) is 0 Å². The van der Waals surface area contributed by atoms with Gasteiger partial charge in [0, 0.05) is 44.2 Å². The molecular weight excluding hydrogens is 306 g/mol. The van der Waals surface area contributed by atoms with Gasteiger partial charge in [-0.2, -0.15) is 0 Å². The van der Waals surface area contributed by atoms with Crippen molar-refractivity contribution in [3.8, 4) is 0 Å². The molecule has 2 bridgehead atoms. The molecule has 4 heterocycles. The summed E-state index contributed by atoms with van der Waals surface area (Å²) in [5.41, 5.74) is 1.58. The first kappa shape index (κ1) is 15.8. The lowest BCUT2D eigenvalue weighted by molar-refractivity contribution is -0.119. The van der Waals surface area contributed by atoms with Gasteiger partial charge in [0.2, 0.25) is 5.91 Å². The van der Waals surface area contributed by atoms with Crippen LogP contribution in [0.25, 0.3) is 0 Å². The zero-order chi connectivity index (χ0) is 16.7. The second kappa shape index (κ2) is 5.97. The van der Waals surface area contributed by atoms with Crippen molar-refractivity contribution in [3.05, 3.63) is 11.8 Å². The third-order valence-electron chi connectivity index (χ3n) is 6.41. The Bertz CT molecular complexity index is 576. The van der Waals surface area contributed by atoms with Crippen LogP contribution in [0, 0.1) is 5.41 Å². The van der Waals surface area contributed by atoms with Crippen LogP contribution in [0.15, 0.2) is 11.8 Å². The normalized spacial score (nSPS) is 35.7. The van der Waals surface area contributed by atoms with Crippen LogP contribution in [0.2, 0.25) is 0 Å². The van der Waals surface area contributed by atoms with Gasteiger partial charge in [0.25, 0.3) is 0 Å². The van der Waals surface area contributed by atoms with Crippen molar-refractivity contribution in [1.82, 2.24) is 15.1 Å². The number of carbonyl (C=O) groups is 2. The molecule has 3 fully saturated rings. The maximum absolute atomic E-state index is 12.0. The van der Waals surface area contributed by atoms with E-state index in [2.05, 4.69) is 16.3 Å². The summed E-state index contributed by atoms with van der Waals surface area (Å²) < 4.78 is 4.95. The summed E-state index contributed by atoms with van der Waals surface area (Å²) in [5.74, 6) is 0.215. The molecule has 0 aliphatic carbocycles. The lowest BCUT2D eigenvalue weighted by Gasteiger charge is -2.37. The Kier molecular flexibility index (Phi) is 3.93. The van der Waals surface area contributed by atoms with Crippen molar-refractivity contribution in [3.63, 3.8) is 0 Å². The fourth-order valence-electron chi connectivity index (χ4n) is 5.08. The summed E-state index contributed by atoms with van der Waals surface area (Å²) in [7, 11) is 1.46. The van der Waals surface area contributed by atoms with E-state index in [9.17, 15) is 9.59 Å². The van der Waals surface area contributed by atoms with E-state index < -0.39 is 0 Å². The predicted molar refractivity (Wildman–Crippen MR) is 89.2 cm³/mol. The van der Waals surface area contributed by atoms with Crippen molar-refractivity contribution < 1.29 is 14.3 Å². The molecule has 4 aliphatic rings. The van der Waals surface area contributed by atoms with Crippen molar-refractivity contribution in [2.24, 2.45) is 5.41 Å². The van der Waals surface area contributed by atoms with E-state index in [4.69, 9.17) is 4.74 Å². The number of nitrogens with one attached hydrogen (secondary N) is 1. The number of hydrogen-bond donors (Lipinski definition) is 1. The van der Waals surface area contributed by atoms with E-state index in [-0.39, 0.29) is 29.5 Å². The first-order valence-electron chi connectivity index (χ1n) is 9.19. The lowest BCUT2D eigenvalue weighted by Crippen LogP contribution is -2.45. The Morgan fingerprint density at radius 2 is 2.21 bits per heavy atom. The van der Waals surface area contributed by atoms with Crippen molar-refractivity contribution in [1.29, 1.82) is 0 Å². The van der Waals surface area contributed by atoms with Gasteiger partial charge in [0.1, 0.15) is 0 Å². The van der Waals surface area contributed by atoms with Gasteiger partial charge in [-0.25, -0.2) is 4.79 Å². The molecule has 0 saturated carbocycles. The molecule has 132 valence electrons. The van der Waals surface area contributed by atoms with Gasteiger partial charge in [0.05, 0.1) is 13.2 Å². The van der Waals surface area contributed by atoms with Crippen molar-refractivity contribution in [2.45, 2.75) is 57.0 Å². The minimum Gasteiger partial charge on any atom is -0.453 e. The number of amides is 2. The first-order valence-corrected chi connectivity index (χ1v) is 9.19. The van der Waals surface area contributed by atoms with Gasteiger partial charge >= 0.3 is 6.09 Å². The first-order chi connectivity index (χ1) is 11.6. The molecule has 0 aromatic rings. The van der Waals surface area contributed by atoms with E-state index in [1.807, 2.05) is 4.90 Å². The highest BCUT2D eigenvalue weighted by Gasteiger charge is 2.43. The second-order valence-electron chi connectivity index (χ2n) is 7.83. The minimum atomic E-state index is -0.192. The Balaban J connectivity index is 1.45. The monoisotopic (exact) mass is 333 g/mol. The predicted octanol–water partition coefficient (Wildman–Crippen LogP) is 1.87. The highest BCUT2D eigenvalue weighted by Crippen LogP contribution is 2.41. The molecule has 4 aliphatic heterocycles. The number of methoxy groups -OCH3 is 1. The van der Waals surface area contributed by atoms with E-state index >= 15 is 0 Å². The Morgan fingerprint density at radius 1 is 1.33 bits per heavy atom. The maximum atomic E-state index is 12.0. The van der Waals surface area contributed by atoms with Gasteiger partial charge in [-0.1, -0.05) is 0 Å². The Labute approximate surface area is 143 Å². The number of likely N-dealkylation sites (tertiary alicyclic amines) is 1. The molecule has 0 radical (unpaired) electrons. The molecule has 1 spiro atoms.